The summed E-state index contributed by atoms with van der Waals surface area (Å²) in [6.45, 7) is 1.87. The number of alkyl carbamates (subject to hydrolysis) is 1. The number of aliphatic imine (C=N–C) groups is 1. The number of rotatable bonds is 9. The predicted octanol–water partition coefficient (Wildman–Crippen LogP) is 1.74. The Hall–Kier alpha value is -3.84. The van der Waals surface area contributed by atoms with Gasteiger partial charge in [0.05, 0.1) is 25.1 Å². The van der Waals surface area contributed by atoms with Crippen LogP contribution in [-0.4, -0.2) is 53.8 Å². The zero-order valence-electron chi connectivity index (χ0n) is 18.2. The fourth-order valence-electron chi connectivity index (χ4n) is 2.48. The molecule has 0 atom stereocenters. The smallest absolute Gasteiger partial charge is 0.413 e. The van der Waals surface area contributed by atoms with Crippen molar-refractivity contribution in [3.05, 3.63) is 42.5 Å². The summed E-state index contributed by atoms with van der Waals surface area (Å²) in [5, 5.41) is 4.58. The molecule has 178 valence electrons. The van der Waals surface area contributed by atoms with E-state index in [0.29, 0.717) is 12.4 Å². The maximum atomic E-state index is 13.1. The second kappa shape index (κ2) is 11.7. The first-order valence-corrected chi connectivity index (χ1v) is 10.9. The number of benzene rings is 2. The quantitative estimate of drug-likeness (QED) is 0.275. The van der Waals surface area contributed by atoms with E-state index in [1.165, 1.54) is 31.4 Å². The minimum Gasteiger partial charge on any atom is -0.494 e. The number of amides is 2. The highest BCUT2D eigenvalue weighted by atomic mass is 32.2. The van der Waals surface area contributed by atoms with Crippen LogP contribution in [0.25, 0.3) is 0 Å². The standard InChI is InChI=1S/C20H24N4O8S/c1-4-31-14-6-5-7-15(11-14)32-33(27,28)17-10-13(22-19(21)24-20(26)30-3)8-9-16(17)23-18(25)12-29-2/h5-11H,4,12H2,1-3H3,(H,23,25)(H3,21,22,24,26). The normalized spacial score (nSPS) is 11.4. The summed E-state index contributed by atoms with van der Waals surface area (Å²) in [6, 6.07) is 9.85. The van der Waals surface area contributed by atoms with Crippen LogP contribution < -0.4 is 25.3 Å². The second-order valence-corrected chi connectivity index (χ2v) is 7.74. The highest BCUT2D eigenvalue weighted by Crippen LogP contribution is 2.30. The van der Waals surface area contributed by atoms with Crippen LogP contribution in [0.4, 0.5) is 16.2 Å². The van der Waals surface area contributed by atoms with Gasteiger partial charge in [-0.15, -0.1) is 0 Å². The largest absolute Gasteiger partial charge is 0.494 e. The zero-order valence-corrected chi connectivity index (χ0v) is 19.0. The number of anilines is 1. The summed E-state index contributed by atoms with van der Waals surface area (Å²) < 4.78 is 45.9. The SMILES string of the molecule is CCOc1cccc(OS(=O)(=O)c2cc(N=C(N)NC(=O)OC)ccc2NC(=O)COC)c1. The van der Waals surface area contributed by atoms with E-state index in [1.54, 1.807) is 19.1 Å². The molecule has 0 saturated carbocycles. The predicted molar refractivity (Wildman–Crippen MR) is 119 cm³/mol. The molecule has 0 saturated heterocycles. The molecule has 0 aliphatic rings. The number of guanidine groups is 1. The fraction of sp³-hybridized carbons (Fsp3) is 0.250. The molecule has 33 heavy (non-hydrogen) atoms. The number of ether oxygens (including phenoxy) is 3. The maximum absolute atomic E-state index is 13.1. The highest BCUT2D eigenvalue weighted by molar-refractivity contribution is 7.87. The molecule has 0 aliphatic carbocycles. The van der Waals surface area contributed by atoms with Crippen molar-refractivity contribution in [2.24, 2.45) is 10.7 Å². The van der Waals surface area contributed by atoms with E-state index in [4.69, 9.17) is 19.4 Å². The van der Waals surface area contributed by atoms with Gasteiger partial charge >= 0.3 is 16.2 Å². The van der Waals surface area contributed by atoms with Gasteiger partial charge in [0.1, 0.15) is 23.0 Å². The summed E-state index contributed by atoms with van der Waals surface area (Å²) >= 11 is 0. The Morgan fingerprint density at radius 3 is 2.48 bits per heavy atom. The number of nitrogens with two attached hydrogens (primary N) is 1. The lowest BCUT2D eigenvalue weighted by Crippen LogP contribution is -2.36. The number of hydrogen-bond donors (Lipinski definition) is 3. The lowest BCUT2D eigenvalue weighted by Gasteiger charge is -2.14. The second-order valence-electron chi connectivity index (χ2n) is 6.22. The van der Waals surface area contributed by atoms with Crippen LogP contribution in [0, 0.1) is 0 Å². The molecule has 0 unspecified atom stereocenters. The van der Waals surface area contributed by atoms with Crippen molar-refractivity contribution in [2.75, 3.05) is 32.8 Å². The Labute approximate surface area is 190 Å². The Kier molecular flexibility index (Phi) is 9.00. The maximum Gasteiger partial charge on any atom is 0.413 e. The molecule has 2 amide bonds. The summed E-state index contributed by atoms with van der Waals surface area (Å²) in [5.74, 6) is -0.517. The Morgan fingerprint density at radius 1 is 1.09 bits per heavy atom. The van der Waals surface area contributed by atoms with E-state index in [0.717, 1.165) is 13.2 Å². The first-order valence-electron chi connectivity index (χ1n) is 9.47. The average molecular weight is 480 g/mol. The van der Waals surface area contributed by atoms with E-state index < -0.39 is 27.0 Å². The van der Waals surface area contributed by atoms with Crippen LogP contribution in [0.3, 0.4) is 0 Å². The van der Waals surface area contributed by atoms with Crippen LogP contribution >= 0.6 is 0 Å². The van der Waals surface area contributed by atoms with E-state index in [2.05, 4.69) is 20.4 Å². The van der Waals surface area contributed by atoms with Gasteiger partial charge in [-0.25, -0.2) is 9.79 Å². The third-order valence-electron chi connectivity index (χ3n) is 3.77. The van der Waals surface area contributed by atoms with Crippen LogP contribution in [0.5, 0.6) is 11.5 Å². The summed E-state index contributed by atoms with van der Waals surface area (Å²) in [5.41, 5.74) is 5.61. The third kappa shape index (κ3) is 7.66. The molecule has 0 fully saturated rings. The first-order chi connectivity index (χ1) is 15.7. The number of methoxy groups -OCH3 is 2. The van der Waals surface area contributed by atoms with Gasteiger partial charge in [0.15, 0.2) is 0 Å². The summed E-state index contributed by atoms with van der Waals surface area (Å²) in [7, 11) is -1.99. The molecule has 13 heteroatoms. The van der Waals surface area contributed by atoms with Crippen molar-refractivity contribution in [3.8, 4) is 11.5 Å². The Balaban J connectivity index is 2.46. The molecule has 0 bridgehead atoms. The van der Waals surface area contributed by atoms with E-state index in [1.807, 2.05) is 0 Å². The molecule has 2 aromatic rings. The van der Waals surface area contributed by atoms with Crippen LogP contribution in [-0.2, 0) is 24.4 Å². The molecule has 0 heterocycles. The number of hydrogen-bond acceptors (Lipinski definition) is 9. The van der Waals surface area contributed by atoms with Crippen molar-refractivity contribution in [1.82, 2.24) is 5.32 Å². The van der Waals surface area contributed by atoms with Crippen LogP contribution in [0.1, 0.15) is 6.92 Å². The minimum absolute atomic E-state index is 0.00380. The lowest BCUT2D eigenvalue weighted by atomic mass is 10.3. The van der Waals surface area contributed by atoms with Crippen molar-refractivity contribution in [2.45, 2.75) is 11.8 Å². The Bertz CT molecular complexity index is 1130. The lowest BCUT2D eigenvalue weighted by molar-refractivity contribution is -0.119. The highest BCUT2D eigenvalue weighted by Gasteiger charge is 2.23. The molecule has 2 rings (SSSR count). The first kappa shape index (κ1) is 25.4. The summed E-state index contributed by atoms with van der Waals surface area (Å²) in [6.07, 6.45) is -0.856. The van der Waals surface area contributed by atoms with Gasteiger partial charge in [-0.3, -0.25) is 10.1 Å². The van der Waals surface area contributed by atoms with Gasteiger partial charge in [-0.1, -0.05) is 6.07 Å². The third-order valence-corrected chi connectivity index (χ3v) is 5.06. The van der Waals surface area contributed by atoms with E-state index >= 15 is 0 Å². The van der Waals surface area contributed by atoms with Gasteiger partial charge in [0.25, 0.3) is 0 Å². The van der Waals surface area contributed by atoms with Crippen LogP contribution in [0.15, 0.2) is 52.4 Å². The number of nitrogens with one attached hydrogen (secondary N) is 2. The van der Waals surface area contributed by atoms with Crippen molar-refractivity contribution < 1.29 is 36.4 Å². The molecule has 2 aromatic carbocycles. The van der Waals surface area contributed by atoms with Crippen molar-refractivity contribution in [3.63, 3.8) is 0 Å². The fourth-order valence-corrected chi connectivity index (χ4v) is 3.59. The molecular formula is C20H24N4O8S. The molecule has 0 spiro atoms. The molecular weight excluding hydrogens is 456 g/mol. The van der Waals surface area contributed by atoms with Crippen molar-refractivity contribution >= 4 is 39.5 Å². The monoisotopic (exact) mass is 480 g/mol. The molecule has 4 N–H and O–H groups in total. The molecule has 0 radical (unpaired) electrons. The van der Waals surface area contributed by atoms with Gasteiger partial charge in [0, 0.05) is 13.2 Å². The molecule has 0 aliphatic heterocycles. The summed E-state index contributed by atoms with van der Waals surface area (Å²) in [4.78, 5) is 26.8. The Morgan fingerprint density at radius 2 is 1.82 bits per heavy atom. The zero-order chi connectivity index (χ0) is 24.4. The minimum atomic E-state index is -4.46. The number of nitrogens with zero attached hydrogens (tertiary/aromatic N) is 1. The van der Waals surface area contributed by atoms with Gasteiger partial charge in [0.2, 0.25) is 11.9 Å². The van der Waals surface area contributed by atoms with Crippen LogP contribution in [0.2, 0.25) is 0 Å². The van der Waals surface area contributed by atoms with E-state index in [-0.39, 0.29) is 29.7 Å². The van der Waals surface area contributed by atoms with Gasteiger partial charge in [-0.05, 0) is 37.3 Å². The average Bonchev–Trinajstić information content (AvgIpc) is 2.75. The molecule has 0 aromatic heterocycles. The number of carbonyl (C=O) groups is 2. The number of carbonyl (C=O) groups excluding carboxylic acids is 2. The van der Waals surface area contributed by atoms with Gasteiger partial charge in [-0.2, -0.15) is 8.42 Å². The van der Waals surface area contributed by atoms with Gasteiger partial charge < -0.3 is 29.4 Å². The van der Waals surface area contributed by atoms with E-state index in [9.17, 15) is 18.0 Å². The van der Waals surface area contributed by atoms with Crippen molar-refractivity contribution in [1.29, 1.82) is 0 Å². The molecule has 12 nitrogen and oxygen atoms in total. The topological polar surface area (TPSA) is 168 Å².